The quantitative estimate of drug-likeness (QED) is 0.158. The van der Waals surface area contributed by atoms with E-state index in [2.05, 4.69) is 8.37 Å². The second-order valence-electron chi connectivity index (χ2n) is 7.79. The van der Waals surface area contributed by atoms with Crippen molar-refractivity contribution >= 4 is 41.8 Å². The lowest BCUT2D eigenvalue weighted by molar-refractivity contribution is -0.0505. The van der Waals surface area contributed by atoms with Crippen molar-refractivity contribution in [3.8, 4) is 22.6 Å². The highest BCUT2D eigenvalue weighted by molar-refractivity contribution is 7.88. The van der Waals surface area contributed by atoms with Crippen LogP contribution in [0.5, 0.6) is 11.5 Å². The Morgan fingerprint density at radius 1 is 0.595 bits per heavy atom. The van der Waals surface area contributed by atoms with Crippen molar-refractivity contribution in [3.63, 3.8) is 0 Å². The number of alkyl halides is 6. The number of aryl methyl sites for hydroxylation is 1. The van der Waals surface area contributed by atoms with Crippen LogP contribution in [0, 0.1) is 6.92 Å². The molecule has 37 heavy (non-hydrogen) atoms. The lowest BCUT2D eigenvalue weighted by Crippen LogP contribution is -2.28. The molecule has 196 valence electrons. The Morgan fingerprint density at radius 3 is 1.57 bits per heavy atom. The first kappa shape index (κ1) is 26.5. The standard InChI is InChI=1S/C23H14F6O6S2/c1-13-6-9-17-15(12-13)8-11-19(35-37(32,33)23(27,28)29)21(17)20-16-5-3-2-4-14(16)7-10-18(20)34-36(30,31)22(24,25)26/h2-12H,1H3. The Kier molecular flexibility index (Phi) is 6.31. The summed E-state index contributed by atoms with van der Waals surface area (Å²) in [5.41, 5.74) is -11.8. The average molecular weight is 564 g/mol. The van der Waals surface area contributed by atoms with Gasteiger partial charge in [0.2, 0.25) is 0 Å². The van der Waals surface area contributed by atoms with Crippen molar-refractivity contribution in [1.29, 1.82) is 0 Å². The van der Waals surface area contributed by atoms with Crippen LogP contribution < -0.4 is 8.37 Å². The van der Waals surface area contributed by atoms with E-state index in [0.717, 1.165) is 12.1 Å². The van der Waals surface area contributed by atoms with Gasteiger partial charge in [-0.1, -0.05) is 60.2 Å². The second kappa shape index (κ2) is 8.80. The van der Waals surface area contributed by atoms with Gasteiger partial charge in [-0.15, -0.1) is 0 Å². The van der Waals surface area contributed by atoms with Crippen LogP contribution in [0.4, 0.5) is 26.3 Å². The van der Waals surface area contributed by atoms with E-state index in [4.69, 9.17) is 0 Å². The van der Waals surface area contributed by atoms with Crippen LogP contribution in [0.15, 0.2) is 66.7 Å². The van der Waals surface area contributed by atoms with E-state index < -0.39 is 53.9 Å². The topological polar surface area (TPSA) is 86.7 Å². The molecule has 0 aliphatic heterocycles. The maximum atomic E-state index is 13.2. The number of hydrogen-bond acceptors (Lipinski definition) is 6. The molecular weight excluding hydrogens is 550 g/mol. The molecule has 0 unspecified atom stereocenters. The number of rotatable bonds is 5. The molecule has 0 atom stereocenters. The van der Waals surface area contributed by atoms with E-state index >= 15 is 0 Å². The molecule has 0 saturated heterocycles. The zero-order valence-electron chi connectivity index (χ0n) is 18.4. The maximum absolute atomic E-state index is 13.2. The van der Waals surface area contributed by atoms with Crippen molar-refractivity contribution in [2.75, 3.05) is 0 Å². The highest BCUT2D eigenvalue weighted by Crippen LogP contribution is 2.47. The van der Waals surface area contributed by atoms with E-state index in [1.807, 2.05) is 0 Å². The first-order valence-electron chi connectivity index (χ1n) is 10.1. The molecule has 0 bridgehead atoms. The molecule has 0 radical (unpaired) electrons. The fourth-order valence-corrected chi connectivity index (χ4v) is 4.61. The van der Waals surface area contributed by atoms with E-state index in [1.165, 1.54) is 42.5 Å². The first-order valence-corrected chi connectivity index (χ1v) is 12.9. The van der Waals surface area contributed by atoms with E-state index in [9.17, 15) is 43.2 Å². The van der Waals surface area contributed by atoms with Gasteiger partial charge in [0.05, 0.1) is 0 Å². The Bertz CT molecular complexity index is 1740. The van der Waals surface area contributed by atoms with E-state index in [1.54, 1.807) is 19.1 Å². The van der Waals surface area contributed by atoms with Crippen molar-refractivity contribution < 1.29 is 51.5 Å². The molecule has 4 aromatic rings. The summed E-state index contributed by atoms with van der Waals surface area (Å²) in [6.07, 6.45) is 0. The molecule has 0 amide bonds. The van der Waals surface area contributed by atoms with Gasteiger partial charge < -0.3 is 8.37 Å². The molecule has 0 fully saturated rings. The van der Waals surface area contributed by atoms with Crippen LogP contribution in [0.3, 0.4) is 0 Å². The molecular formula is C23H14F6O6S2. The summed E-state index contributed by atoms with van der Waals surface area (Å²) in [6.45, 7) is 1.69. The summed E-state index contributed by atoms with van der Waals surface area (Å²) in [6, 6.07) is 14.6. The summed E-state index contributed by atoms with van der Waals surface area (Å²) >= 11 is 0. The third-order valence-corrected chi connectivity index (χ3v) is 7.18. The predicted molar refractivity (Wildman–Crippen MR) is 123 cm³/mol. The molecule has 0 aliphatic carbocycles. The van der Waals surface area contributed by atoms with Gasteiger partial charge in [-0.25, -0.2) is 0 Å². The molecule has 0 heterocycles. The summed E-state index contributed by atoms with van der Waals surface area (Å²) < 4.78 is 135. The van der Waals surface area contributed by atoms with Crippen LogP contribution in [0.25, 0.3) is 32.7 Å². The summed E-state index contributed by atoms with van der Waals surface area (Å²) in [5, 5.41) is 0.804. The highest BCUT2D eigenvalue weighted by atomic mass is 32.2. The Morgan fingerprint density at radius 2 is 1.05 bits per heavy atom. The first-order chi connectivity index (χ1) is 17.0. The Labute approximate surface area is 206 Å². The summed E-state index contributed by atoms with van der Waals surface area (Å²) in [7, 11) is -12.4. The van der Waals surface area contributed by atoms with E-state index in [-0.39, 0.29) is 10.8 Å². The lowest BCUT2D eigenvalue weighted by atomic mass is 9.92. The zero-order valence-corrected chi connectivity index (χ0v) is 20.0. The summed E-state index contributed by atoms with van der Waals surface area (Å²) in [5.74, 6) is -1.81. The monoisotopic (exact) mass is 564 g/mol. The number of hydrogen-bond donors (Lipinski definition) is 0. The largest absolute Gasteiger partial charge is 0.534 e. The van der Waals surface area contributed by atoms with Crippen LogP contribution in [0.2, 0.25) is 0 Å². The zero-order chi connectivity index (χ0) is 27.4. The SMILES string of the molecule is Cc1ccc2c(-c3c(OS(=O)(=O)C(F)(F)F)ccc4ccccc34)c(OS(=O)(=O)C(F)(F)F)ccc2c1. The van der Waals surface area contributed by atoms with Crippen LogP contribution >= 0.6 is 0 Å². The normalized spacial score (nSPS) is 13.2. The smallest absolute Gasteiger partial charge is 0.375 e. The van der Waals surface area contributed by atoms with Gasteiger partial charge in [0.1, 0.15) is 0 Å². The van der Waals surface area contributed by atoms with Crippen LogP contribution in [-0.2, 0) is 20.2 Å². The van der Waals surface area contributed by atoms with Gasteiger partial charge in [0.15, 0.2) is 11.5 Å². The number of fused-ring (bicyclic) bond motifs is 2. The maximum Gasteiger partial charge on any atom is 0.534 e. The fourth-order valence-electron chi connectivity index (χ4n) is 3.67. The molecule has 0 N–H and O–H groups in total. The van der Waals surface area contributed by atoms with Crippen molar-refractivity contribution in [2.24, 2.45) is 0 Å². The van der Waals surface area contributed by atoms with Crippen molar-refractivity contribution in [2.45, 2.75) is 17.9 Å². The highest BCUT2D eigenvalue weighted by Gasteiger charge is 2.50. The van der Waals surface area contributed by atoms with Crippen molar-refractivity contribution in [3.05, 3.63) is 72.3 Å². The average Bonchev–Trinajstić information content (AvgIpc) is 2.77. The van der Waals surface area contributed by atoms with Gasteiger partial charge >= 0.3 is 31.3 Å². The molecule has 0 aliphatic rings. The van der Waals surface area contributed by atoms with Crippen molar-refractivity contribution in [1.82, 2.24) is 0 Å². The van der Waals surface area contributed by atoms with Crippen LogP contribution in [0.1, 0.15) is 5.56 Å². The van der Waals surface area contributed by atoms with Gasteiger partial charge in [-0.2, -0.15) is 43.2 Å². The number of benzene rings is 4. The lowest BCUT2D eigenvalue weighted by Gasteiger charge is -2.20. The van der Waals surface area contributed by atoms with Gasteiger partial charge in [0.25, 0.3) is 0 Å². The molecule has 0 saturated carbocycles. The summed E-state index contributed by atoms with van der Waals surface area (Å²) in [4.78, 5) is 0. The molecule has 0 aromatic heterocycles. The third kappa shape index (κ3) is 4.90. The molecule has 6 nitrogen and oxygen atoms in total. The van der Waals surface area contributed by atoms with E-state index in [0.29, 0.717) is 16.3 Å². The predicted octanol–water partition coefficient (Wildman–Crippen LogP) is 6.43. The fraction of sp³-hybridized carbons (Fsp3) is 0.130. The molecule has 4 rings (SSSR count). The Hall–Kier alpha value is -3.52. The molecule has 0 spiro atoms. The van der Waals surface area contributed by atoms with Gasteiger partial charge in [0, 0.05) is 11.1 Å². The minimum Gasteiger partial charge on any atom is -0.375 e. The molecule has 14 heteroatoms. The third-order valence-electron chi connectivity index (χ3n) is 5.24. The minimum atomic E-state index is -6.22. The number of halogens is 6. The van der Waals surface area contributed by atoms with Gasteiger partial charge in [-0.3, -0.25) is 0 Å². The Balaban J connectivity index is 2.15. The van der Waals surface area contributed by atoms with Crippen LogP contribution in [-0.4, -0.2) is 27.9 Å². The minimum absolute atomic E-state index is 0.0553. The second-order valence-corrected chi connectivity index (χ2v) is 10.9. The van der Waals surface area contributed by atoms with Gasteiger partial charge in [-0.05, 0) is 40.6 Å². The molecule has 4 aromatic carbocycles.